The first-order valence-corrected chi connectivity index (χ1v) is 10.3. The monoisotopic (exact) mass is 397 g/mol. The molecule has 0 saturated heterocycles. The van der Waals surface area contributed by atoms with Gasteiger partial charge in [0.05, 0.1) is 34.0 Å². The number of hydrogen-bond donors (Lipinski definition) is 0. The first-order valence-electron chi connectivity index (χ1n) is 10.3. The van der Waals surface area contributed by atoms with Crippen LogP contribution in [0.15, 0.2) is 18.2 Å². The maximum Gasteiger partial charge on any atom is 0.203 e. The van der Waals surface area contributed by atoms with Crippen molar-refractivity contribution in [1.29, 1.82) is 0 Å². The fourth-order valence-electron chi connectivity index (χ4n) is 3.05. The predicted molar refractivity (Wildman–Crippen MR) is 113 cm³/mol. The van der Waals surface area contributed by atoms with Crippen molar-refractivity contribution in [3.05, 3.63) is 18.2 Å². The molecule has 0 radical (unpaired) electrons. The van der Waals surface area contributed by atoms with Gasteiger partial charge >= 0.3 is 0 Å². The van der Waals surface area contributed by atoms with E-state index >= 15 is 0 Å². The van der Waals surface area contributed by atoms with E-state index in [4.69, 9.17) is 23.7 Å². The molecule has 0 unspecified atom stereocenters. The first kappa shape index (κ1) is 24.5. The zero-order valence-corrected chi connectivity index (χ0v) is 18.2. The maximum atomic E-state index is 5.90. The Kier molecular flexibility index (Phi) is 14.4. The van der Waals surface area contributed by atoms with Crippen LogP contribution in [-0.4, -0.2) is 72.8 Å². The molecule has 0 bridgehead atoms. The highest BCUT2D eigenvalue weighted by atomic mass is 16.5. The lowest BCUT2D eigenvalue weighted by atomic mass is 10.1. The third-order valence-electron chi connectivity index (χ3n) is 4.72. The van der Waals surface area contributed by atoms with Gasteiger partial charge in [-0.05, 0) is 31.5 Å². The van der Waals surface area contributed by atoms with E-state index in [-0.39, 0.29) is 0 Å². The SMILES string of the molecule is COCCN(CCCCCCCCOc1c(OC)cccc1OC)CCOC. The largest absolute Gasteiger partial charge is 0.493 e. The second-order valence-corrected chi connectivity index (χ2v) is 6.79. The van der Waals surface area contributed by atoms with Crippen LogP contribution in [0.25, 0.3) is 0 Å². The number of hydrogen-bond acceptors (Lipinski definition) is 6. The number of unbranched alkanes of at least 4 members (excludes halogenated alkanes) is 5. The summed E-state index contributed by atoms with van der Waals surface area (Å²) >= 11 is 0. The standard InChI is InChI=1S/C22H39NO5/c1-24-18-15-23(16-19-25-2)14-9-7-5-6-8-10-17-28-22-20(26-3)12-11-13-21(22)27-4/h11-13H,5-10,14-19H2,1-4H3. The molecule has 0 N–H and O–H groups in total. The zero-order valence-electron chi connectivity index (χ0n) is 18.2. The topological polar surface area (TPSA) is 49.4 Å². The summed E-state index contributed by atoms with van der Waals surface area (Å²) in [6.07, 6.45) is 7.20. The van der Waals surface area contributed by atoms with Gasteiger partial charge in [0.25, 0.3) is 0 Å². The number of nitrogens with zero attached hydrogens (tertiary/aromatic N) is 1. The van der Waals surface area contributed by atoms with Crippen LogP contribution in [0, 0.1) is 0 Å². The molecule has 0 amide bonds. The van der Waals surface area contributed by atoms with Gasteiger partial charge in [-0.15, -0.1) is 0 Å². The highest BCUT2D eigenvalue weighted by molar-refractivity contribution is 5.51. The molecule has 0 aliphatic rings. The molecule has 0 aromatic heterocycles. The molecule has 0 atom stereocenters. The number of rotatable bonds is 18. The zero-order chi connectivity index (χ0) is 20.5. The molecule has 0 spiro atoms. The highest BCUT2D eigenvalue weighted by Gasteiger charge is 2.10. The van der Waals surface area contributed by atoms with Crippen molar-refractivity contribution in [2.75, 3.05) is 67.9 Å². The summed E-state index contributed by atoms with van der Waals surface area (Å²) in [6.45, 7) is 5.30. The second-order valence-electron chi connectivity index (χ2n) is 6.79. The Bertz CT molecular complexity index is 468. The van der Waals surface area contributed by atoms with E-state index in [1.807, 2.05) is 18.2 Å². The third-order valence-corrected chi connectivity index (χ3v) is 4.72. The average molecular weight is 398 g/mol. The van der Waals surface area contributed by atoms with Gasteiger partial charge in [-0.1, -0.05) is 31.7 Å². The van der Waals surface area contributed by atoms with Crippen molar-refractivity contribution in [3.63, 3.8) is 0 Å². The number of methoxy groups -OCH3 is 4. The summed E-state index contributed by atoms with van der Waals surface area (Å²) < 4.78 is 27.0. The van der Waals surface area contributed by atoms with Gasteiger partial charge in [-0.2, -0.15) is 0 Å². The summed E-state index contributed by atoms with van der Waals surface area (Å²) in [4.78, 5) is 2.42. The van der Waals surface area contributed by atoms with E-state index in [0.717, 1.165) is 39.3 Å². The summed E-state index contributed by atoms with van der Waals surface area (Å²) in [7, 11) is 6.80. The number of benzene rings is 1. The summed E-state index contributed by atoms with van der Waals surface area (Å²) in [5, 5.41) is 0. The number of para-hydroxylation sites is 1. The average Bonchev–Trinajstić information content (AvgIpc) is 2.73. The Morgan fingerprint density at radius 1 is 0.643 bits per heavy atom. The Hall–Kier alpha value is -1.50. The molecule has 162 valence electrons. The Balaban J connectivity index is 2.12. The lowest BCUT2D eigenvalue weighted by Gasteiger charge is -2.21. The third kappa shape index (κ3) is 10.2. The molecule has 0 aliphatic heterocycles. The van der Waals surface area contributed by atoms with Crippen molar-refractivity contribution in [2.24, 2.45) is 0 Å². The minimum absolute atomic E-state index is 0.679. The van der Waals surface area contributed by atoms with Crippen LogP contribution < -0.4 is 14.2 Å². The van der Waals surface area contributed by atoms with Crippen molar-refractivity contribution in [1.82, 2.24) is 4.90 Å². The highest BCUT2D eigenvalue weighted by Crippen LogP contribution is 2.36. The smallest absolute Gasteiger partial charge is 0.203 e. The van der Waals surface area contributed by atoms with Crippen LogP contribution in [0.5, 0.6) is 17.2 Å². The molecule has 1 aromatic carbocycles. The van der Waals surface area contributed by atoms with Crippen molar-refractivity contribution < 1.29 is 23.7 Å². The van der Waals surface area contributed by atoms with Crippen LogP contribution in [0.1, 0.15) is 38.5 Å². The van der Waals surface area contributed by atoms with Crippen molar-refractivity contribution >= 4 is 0 Å². The van der Waals surface area contributed by atoms with Gasteiger partial charge in [0.1, 0.15) is 0 Å². The molecular formula is C22H39NO5. The van der Waals surface area contributed by atoms with E-state index in [1.165, 1.54) is 32.1 Å². The van der Waals surface area contributed by atoms with Gasteiger partial charge in [0, 0.05) is 27.3 Å². The minimum Gasteiger partial charge on any atom is -0.493 e. The summed E-state index contributed by atoms with van der Waals surface area (Å²) in [6, 6.07) is 5.68. The van der Waals surface area contributed by atoms with E-state index in [1.54, 1.807) is 28.4 Å². The summed E-state index contributed by atoms with van der Waals surface area (Å²) in [5.74, 6) is 2.12. The Morgan fingerprint density at radius 2 is 1.18 bits per heavy atom. The van der Waals surface area contributed by atoms with Gasteiger partial charge in [-0.25, -0.2) is 0 Å². The second kappa shape index (κ2) is 16.5. The number of ether oxygens (including phenoxy) is 5. The van der Waals surface area contributed by atoms with Crippen LogP contribution in [0.3, 0.4) is 0 Å². The van der Waals surface area contributed by atoms with Gasteiger partial charge in [-0.3, -0.25) is 4.90 Å². The molecule has 0 fully saturated rings. The van der Waals surface area contributed by atoms with Crippen LogP contribution in [0.4, 0.5) is 0 Å². The molecule has 0 aliphatic carbocycles. The van der Waals surface area contributed by atoms with Gasteiger partial charge in [0.15, 0.2) is 11.5 Å². The van der Waals surface area contributed by atoms with Crippen LogP contribution in [-0.2, 0) is 9.47 Å². The molecule has 6 heteroatoms. The predicted octanol–water partition coefficient (Wildman–Crippen LogP) is 4.02. The maximum absolute atomic E-state index is 5.90. The first-order chi connectivity index (χ1) is 13.8. The van der Waals surface area contributed by atoms with Gasteiger partial charge < -0.3 is 23.7 Å². The molecule has 28 heavy (non-hydrogen) atoms. The van der Waals surface area contributed by atoms with Crippen LogP contribution in [0.2, 0.25) is 0 Å². The van der Waals surface area contributed by atoms with Crippen molar-refractivity contribution in [2.45, 2.75) is 38.5 Å². The van der Waals surface area contributed by atoms with Crippen molar-refractivity contribution in [3.8, 4) is 17.2 Å². The van der Waals surface area contributed by atoms with Crippen LogP contribution >= 0.6 is 0 Å². The molecular weight excluding hydrogens is 358 g/mol. The van der Waals surface area contributed by atoms with E-state index in [0.29, 0.717) is 23.9 Å². The fourth-order valence-corrected chi connectivity index (χ4v) is 3.05. The normalized spacial score (nSPS) is 11.0. The van der Waals surface area contributed by atoms with E-state index in [2.05, 4.69) is 4.90 Å². The van der Waals surface area contributed by atoms with Gasteiger partial charge in [0.2, 0.25) is 5.75 Å². The summed E-state index contributed by atoms with van der Waals surface area (Å²) in [5.41, 5.74) is 0. The van der Waals surface area contributed by atoms with E-state index < -0.39 is 0 Å². The lowest BCUT2D eigenvalue weighted by Crippen LogP contribution is -2.31. The Morgan fingerprint density at radius 3 is 1.71 bits per heavy atom. The fraction of sp³-hybridized carbons (Fsp3) is 0.727. The molecule has 0 saturated carbocycles. The minimum atomic E-state index is 0.679. The lowest BCUT2D eigenvalue weighted by molar-refractivity contribution is 0.113. The van der Waals surface area contributed by atoms with E-state index in [9.17, 15) is 0 Å². The Labute approximate surface area is 171 Å². The molecule has 1 aromatic rings. The molecule has 0 heterocycles. The molecule has 6 nitrogen and oxygen atoms in total. The molecule has 1 rings (SSSR count). The quantitative estimate of drug-likeness (QED) is 0.349.